The number of halogens is 1. The number of pyridine rings is 1. The van der Waals surface area contributed by atoms with Crippen LogP contribution in [0.15, 0.2) is 34.9 Å². The third kappa shape index (κ3) is 2.22. The van der Waals surface area contributed by atoms with Crippen molar-refractivity contribution in [1.82, 2.24) is 9.88 Å². The maximum atomic E-state index is 4.58. The number of piperazine rings is 1. The molecule has 1 aromatic heterocycles. The van der Waals surface area contributed by atoms with E-state index in [1.165, 1.54) is 10.8 Å². The fourth-order valence-electron chi connectivity index (χ4n) is 2.40. The van der Waals surface area contributed by atoms with E-state index < -0.39 is 0 Å². The molecule has 3 rings (SSSR count). The molecule has 0 aliphatic carbocycles. The monoisotopic (exact) mass is 305 g/mol. The zero-order valence-corrected chi connectivity index (χ0v) is 12.0. The van der Waals surface area contributed by atoms with E-state index in [0.29, 0.717) is 0 Å². The highest BCUT2D eigenvalue weighted by Gasteiger charge is 2.17. The lowest BCUT2D eigenvalue weighted by atomic mass is 10.1. The van der Waals surface area contributed by atoms with Gasteiger partial charge in [-0.1, -0.05) is 15.9 Å². The molecule has 0 unspecified atom stereocenters. The molecular formula is C14H16BrN3. The SMILES string of the molecule is CN1CCN(c2nccc3cc(Br)ccc23)CC1. The van der Waals surface area contributed by atoms with Gasteiger partial charge in [-0.25, -0.2) is 4.98 Å². The Morgan fingerprint density at radius 2 is 1.89 bits per heavy atom. The van der Waals surface area contributed by atoms with Crippen LogP contribution in [0.25, 0.3) is 10.8 Å². The van der Waals surface area contributed by atoms with Crippen LogP contribution in [0.4, 0.5) is 5.82 Å². The van der Waals surface area contributed by atoms with Crippen molar-refractivity contribution in [3.05, 3.63) is 34.9 Å². The second kappa shape index (κ2) is 4.86. The van der Waals surface area contributed by atoms with Gasteiger partial charge in [-0.15, -0.1) is 0 Å². The zero-order valence-electron chi connectivity index (χ0n) is 10.4. The second-order valence-electron chi connectivity index (χ2n) is 4.79. The first kappa shape index (κ1) is 11.9. The van der Waals surface area contributed by atoms with Crippen molar-refractivity contribution in [2.75, 3.05) is 38.1 Å². The van der Waals surface area contributed by atoms with Gasteiger partial charge in [0, 0.05) is 42.2 Å². The lowest BCUT2D eigenvalue weighted by Gasteiger charge is -2.33. The Morgan fingerprint density at radius 3 is 2.67 bits per heavy atom. The molecule has 0 saturated carbocycles. The quantitative estimate of drug-likeness (QED) is 0.807. The van der Waals surface area contributed by atoms with Gasteiger partial charge in [0.15, 0.2) is 0 Å². The summed E-state index contributed by atoms with van der Waals surface area (Å²) < 4.78 is 1.12. The molecule has 3 nitrogen and oxygen atoms in total. The van der Waals surface area contributed by atoms with Gasteiger partial charge in [-0.05, 0) is 36.7 Å². The second-order valence-corrected chi connectivity index (χ2v) is 5.71. The van der Waals surface area contributed by atoms with Gasteiger partial charge in [0.25, 0.3) is 0 Å². The highest BCUT2D eigenvalue weighted by molar-refractivity contribution is 9.10. The summed E-state index contributed by atoms with van der Waals surface area (Å²) in [6.45, 7) is 4.32. The third-order valence-electron chi connectivity index (χ3n) is 3.51. The maximum Gasteiger partial charge on any atom is 0.136 e. The molecule has 4 heteroatoms. The van der Waals surface area contributed by atoms with E-state index in [1.54, 1.807) is 0 Å². The predicted octanol–water partition coefficient (Wildman–Crippen LogP) is 2.75. The van der Waals surface area contributed by atoms with Crippen LogP contribution in [0, 0.1) is 0 Å². The lowest BCUT2D eigenvalue weighted by molar-refractivity contribution is 0.312. The van der Waals surface area contributed by atoms with Crippen molar-refractivity contribution in [3.63, 3.8) is 0 Å². The Bertz CT molecular complexity index is 562. The average molecular weight is 306 g/mol. The molecule has 18 heavy (non-hydrogen) atoms. The predicted molar refractivity (Wildman–Crippen MR) is 79.2 cm³/mol. The third-order valence-corrected chi connectivity index (χ3v) is 4.00. The normalized spacial score (nSPS) is 17.3. The molecule has 0 radical (unpaired) electrons. The van der Waals surface area contributed by atoms with Crippen LogP contribution in [0.2, 0.25) is 0 Å². The van der Waals surface area contributed by atoms with Crippen LogP contribution in [-0.4, -0.2) is 43.1 Å². The van der Waals surface area contributed by atoms with Crippen LogP contribution in [0.3, 0.4) is 0 Å². The number of hydrogen-bond acceptors (Lipinski definition) is 3. The van der Waals surface area contributed by atoms with Gasteiger partial charge in [0.05, 0.1) is 0 Å². The topological polar surface area (TPSA) is 19.4 Å². The van der Waals surface area contributed by atoms with Crippen molar-refractivity contribution in [2.45, 2.75) is 0 Å². The molecule has 1 aliphatic heterocycles. The lowest BCUT2D eigenvalue weighted by Crippen LogP contribution is -2.44. The molecule has 1 aliphatic rings. The van der Waals surface area contributed by atoms with Gasteiger partial charge in [-0.3, -0.25) is 0 Å². The van der Waals surface area contributed by atoms with E-state index in [2.05, 4.69) is 62.0 Å². The fourth-order valence-corrected chi connectivity index (χ4v) is 2.78. The molecule has 0 spiro atoms. The molecular weight excluding hydrogens is 290 g/mol. The van der Waals surface area contributed by atoms with E-state index in [0.717, 1.165) is 36.5 Å². The summed E-state index contributed by atoms with van der Waals surface area (Å²) in [6.07, 6.45) is 1.91. The standard InChI is InChI=1S/C14H16BrN3/c1-17-6-8-18(9-7-17)14-13-3-2-12(15)10-11(13)4-5-16-14/h2-5,10H,6-9H2,1H3. The van der Waals surface area contributed by atoms with E-state index in [-0.39, 0.29) is 0 Å². The zero-order chi connectivity index (χ0) is 12.5. The van der Waals surface area contributed by atoms with Gasteiger partial charge in [-0.2, -0.15) is 0 Å². The van der Waals surface area contributed by atoms with Crippen molar-refractivity contribution in [3.8, 4) is 0 Å². The van der Waals surface area contributed by atoms with Gasteiger partial charge in [0.1, 0.15) is 5.82 Å². The van der Waals surface area contributed by atoms with Crippen LogP contribution < -0.4 is 4.90 Å². The Kier molecular flexibility index (Phi) is 3.22. The van der Waals surface area contributed by atoms with Gasteiger partial charge >= 0.3 is 0 Å². The number of fused-ring (bicyclic) bond motifs is 1. The molecule has 2 aromatic rings. The molecule has 0 amide bonds. The van der Waals surface area contributed by atoms with E-state index >= 15 is 0 Å². The Labute approximate surface area is 116 Å². The van der Waals surface area contributed by atoms with Crippen LogP contribution in [0.5, 0.6) is 0 Å². The van der Waals surface area contributed by atoms with Crippen LogP contribution in [-0.2, 0) is 0 Å². The van der Waals surface area contributed by atoms with E-state index in [4.69, 9.17) is 0 Å². The number of likely N-dealkylation sites (N-methyl/N-ethyl adjacent to an activating group) is 1. The Morgan fingerprint density at radius 1 is 1.11 bits per heavy atom. The van der Waals surface area contributed by atoms with E-state index in [9.17, 15) is 0 Å². The summed E-state index contributed by atoms with van der Waals surface area (Å²) >= 11 is 3.52. The first-order valence-corrected chi connectivity index (χ1v) is 7.01. The summed E-state index contributed by atoms with van der Waals surface area (Å²) in [7, 11) is 2.17. The van der Waals surface area contributed by atoms with Crippen molar-refractivity contribution < 1.29 is 0 Å². The highest BCUT2D eigenvalue weighted by Crippen LogP contribution is 2.27. The minimum absolute atomic E-state index is 1.05. The summed E-state index contributed by atoms with van der Waals surface area (Å²) in [5, 5.41) is 2.48. The number of nitrogens with zero attached hydrogens (tertiary/aromatic N) is 3. The number of benzene rings is 1. The first-order valence-electron chi connectivity index (χ1n) is 6.22. The maximum absolute atomic E-state index is 4.58. The summed E-state index contributed by atoms with van der Waals surface area (Å²) in [4.78, 5) is 9.32. The van der Waals surface area contributed by atoms with Gasteiger partial charge in [0.2, 0.25) is 0 Å². The fraction of sp³-hybridized carbons (Fsp3) is 0.357. The molecule has 0 atom stereocenters. The summed E-state index contributed by atoms with van der Waals surface area (Å²) in [6, 6.07) is 8.46. The summed E-state index contributed by atoms with van der Waals surface area (Å²) in [5.41, 5.74) is 0. The molecule has 1 fully saturated rings. The van der Waals surface area contributed by atoms with Crippen LogP contribution >= 0.6 is 15.9 Å². The number of aromatic nitrogens is 1. The largest absolute Gasteiger partial charge is 0.354 e. The first-order chi connectivity index (χ1) is 8.74. The van der Waals surface area contributed by atoms with Crippen molar-refractivity contribution in [2.24, 2.45) is 0 Å². The molecule has 2 heterocycles. The van der Waals surface area contributed by atoms with Gasteiger partial charge < -0.3 is 9.80 Å². The number of rotatable bonds is 1. The minimum atomic E-state index is 1.05. The molecule has 94 valence electrons. The molecule has 1 aromatic carbocycles. The Balaban J connectivity index is 2.01. The van der Waals surface area contributed by atoms with E-state index in [1.807, 2.05) is 6.20 Å². The number of anilines is 1. The van der Waals surface area contributed by atoms with Crippen LogP contribution in [0.1, 0.15) is 0 Å². The smallest absolute Gasteiger partial charge is 0.136 e. The Hall–Kier alpha value is -1.13. The average Bonchev–Trinajstić information content (AvgIpc) is 2.38. The highest BCUT2D eigenvalue weighted by atomic mass is 79.9. The number of hydrogen-bond donors (Lipinski definition) is 0. The molecule has 0 N–H and O–H groups in total. The summed E-state index contributed by atoms with van der Waals surface area (Å²) in [5.74, 6) is 1.12. The molecule has 0 bridgehead atoms. The van der Waals surface area contributed by atoms with Crippen molar-refractivity contribution in [1.29, 1.82) is 0 Å². The minimum Gasteiger partial charge on any atom is -0.354 e. The van der Waals surface area contributed by atoms with Crippen molar-refractivity contribution >= 4 is 32.5 Å². The molecule has 1 saturated heterocycles.